The molecule has 1 atom stereocenters. The Bertz CT molecular complexity index is 244. The number of hydrazone groups is 1. The predicted octanol–water partition coefficient (Wildman–Crippen LogP) is -0.0621. The van der Waals surface area contributed by atoms with E-state index < -0.39 is 11.7 Å². The van der Waals surface area contributed by atoms with Crippen LogP contribution in [0.1, 0.15) is 13.3 Å². The van der Waals surface area contributed by atoms with Gasteiger partial charge in [0.2, 0.25) is 0 Å². The number of carbonyl (C=O) groups is 1. The third kappa shape index (κ3) is 2.08. The second-order valence-electron chi connectivity index (χ2n) is 2.29. The molecule has 0 radical (unpaired) electrons. The molecule has 0 saturated carbocycles. The average Bonchev–Trinajstić information content (AvgIpc) is 2.18. The lowest BCUT2D eigenvalue weighted by atomic mass is 10.2. The van der Waals surface area contributed by atoms with Gasteiger partial charge in [0.15, 0.2) is 0 Å². The molecule has 0 fully saturated rings. The fourth-order valence-electron chi connectivity index (χ4n) is 0.984. The average molecular weight is 204 g/mol. The summed E-state index contributed by atoms with van der Waals surface area (Å²) in [7, 11) is 2.36. The van der Waals surface area contributed by atoms with Crippen molar-refractivity contribution in [3.8, 4) is 0 Å². The molecule has 0 aromatic carbocycles. The van der Waals surface area contributed by atoms with Gasteiger partial charge in [0.25, 0.3) is 11.8 Å². The van der Waals surface area contributed by atoms with E-state index in [0.717, 1.165) is 0 Å². The van der Waals surface area contributed by atoms with Crippen molar-refractivity contribution in [1.29, 1.82) is 0 Å². The minimum atomic E-state index is -1.80. The van der Waals surface area contributed by atoms with Gasteiger partial charge in [0, 0.05) is 13.5 Å². The van der Waals surface area contributed by atoms with Gasteiger partial charge < -0.3 is 9.84 Å². The summed E-state index contributed by atoms with van der Waals surface area (Å²) in [6.45, 7) is 1.56. The summed E-state index contributed by atoms with van der Waals surface area (Å²) in [4.78, 5) is 25.5. The van der Waals surface area contributed by atoms with Crippen LogP contribution in [0.25, 0.3) is 0 Å². The minimum absolute atomic E-state index is 0.0534. The smallest absolute Gasteiger partial charge is 0.361 e. The third-order valence-corrected chi connectivity index (χ3v) is 1.76. The highest BCUT2D eigenvalue weighted by atomic mass is 16.7. The number of ether oxygens (including phenoxy) is 1. The van der Waals surface area contributed by atoms with Gasteiger partial charge in [-0.25, -0.2) is 9.59 Å². The molecule has 7 nitrogen and oxygen atoms in total. The van der Waals surface area contributed by atoms with Crippen molar-refractivity contribution in [3.05, 3.63) is 0 Å². The van der Waals surface area contributed by atoms with Crippen LogP contribution in [0.5, 0.6) is 0 Å². The van der Waals surface area contributed by atoms with Gasteiger partial charge in [-0.3, -0.25) is 4.84 Å². The van der Waals surface area contributed by atoms with E-state index in [4.69, 9.17) is 9.84 Å². The van der Waals surface area contributed by atoms with Gasteiger partial charge in [-0.2, -0.15) is 0 Å². The fourth-order valence-corrected chi connectivity index (χ4v) is 0.984. The van der Waals surface area contributed by atoms with Gasteiger partial charge in [0.05, 0.1) is 7.11 Å². The van der Waals surface area contributed by atoms with Crippen LogP contribution in [0.2, 0.25) is 0 Å². The molecule has 0 aliphatic heterocycles. The van der Waals surface area contributed by atoms with Gasteiger partial charge in [0.1, 0.15) is 0 Å². The van der Waals surface area contributed by atoms with Crippen molar-refractivity contribution in [2.45, 2.75) is 19.1 Å². The van der Waals surface area contributed by atoms with Crippen LogP contribution in [-0.4, -0.2) is 42.3 Å². The fraction of sp³-hybridized carbons (Fsp3) is 0.714. The van der Waals surface area contributed by atoms with Crippen molar-refractivity contribution in [2.24, 2.45) is 5.10 Å². The molecule has 0 aromatic rings. The Labute approximate surface area is 80.9 Å². The van der Waals surface area contributed by atoms with Crippen LogP contribution in [-0.2, 0) is 19.2 Å². The molecule has 0 heterocycles. The zero-order valence-corrected chi connectivity index (χ0v) is 8.18. The van der Waals surface area contributed by atoms with E-state index in [-0.39, 0.29) is 6.42 Å². The lowest BCUT2D eigenvalue weighted by Gasteiger charge is -2.32. The second kappa shape index (κ2) is 5.33. The van der Waals surface area contributed by atoms with Gasteiger partial charge in [-0.1, -0.05) is 12.0 Å². The van der Waals surface area contributed by atoms with Crippen LogP contribution in [0.4, 0.5) is 0 Å². The summed E-state index contributed by atoms with van der Waals surface area (Å²) in [6, 6.07) is 0. The monoisotopic (exact) mass is 204 g/mol. The van der Waals surface area contributed by atoms with Crippen molar-refractivity contribution < 1.29 is 24.3 Å². The predicted molar refractivity (Wildman–Crippen MR) is 44.6 cm³/mol. The maximum atomic E-state index is 10.9. The van der Waals surface area contributed by atoms with E-state index in [0.29, 0.717) is 5.17 Å². The second-order valence-corrected chi connectivity index (χ2v) is 2.29. The largest absolute Gasteiger partial charge is 0.478 e. The Morgan fingerprint density at radius 3 is 2.43 bits per heavy atom. The van der Waals surface area contributed by atoms with Crippen LogP contribution in [0.15, 0.2) is 5.10 Å². The number of carbonyl (C=O) groups excluding carboxylic acids is 1. The van der Waals surface area contributed by atoms with E-state index in [1.165, 1.54) is 20.3 Å². The van der Waals surface area contributed by atoms with Crippen LogP contribution < -0.4 is 0 Å². The van der Waals surface area contributed by atoms with E-state index in [9.17, 15) is 9.59 Å². The van der Waals surface area contributed by atoms with Crippen LogP contribution in [0.3, 0.4) is 0 Å². The molecular formula is C7H12N2O5. The zero-order chi connectivity index (χ0) is 11.2. The summed E-state index contributed by atoms with van der Waals surface area (Å²) >= 11 is 0. The number of carboxylic acids is 1. The van der Waals surface area contributed by atoms with Gasteiger partial charge in [-0.05, 0) is 0 Å². The molecule has 14 heavy (non-hydrogen) atoms. The normalized spacial score (nSPS) is 13.9. The van der Waals surface area contributed by atoms with E-state index in [2.05, 4.69) is 9.94 Å². The topological polar surface area (TPSA) is 88.4 Å². The van der Waals surface area contributed by atoms with Crippen molar-refractivity contribution >= 4 is 12.0 Å². The van der Waals surface area contributed by atoms with Crippen molar-refractivity contribution in [1.82, 2.24) is 5.17 Å². The number of carboxylic acid groups (broad SMARTS) is 1. The number of hydrogen-bond donors (Lipinski definition) is 1. The molecule has 0 aromatic heterocycles. The Morgan fingerprint density at radius 2 is 2.21 bits per heavy atom. The minimum Gasteiger partial charge on any atom is -0.478 e. The standard InChI is InChI=1S/C7H12N2O5/c1-4-7(13-2,6(11)12)9(14-3)8-5-10/h4H2,1-3H3,(H,11,12). The molecule has 0 rings (SSSR count). The molecular weight excluding hydrogens is 192 g/mol. The first kappa shape index (κ1) is 12.6. The lowest BCUT2D eigenvalue weighted by molar-refractivity contribution is -0.287. The lowest BCUT2D eigenvalue weighted by Crippen LogP contribution is -2.53. The number of nitrogens with zero attached hydrogens (tertiary/aromatic N) is 2. The summed E-state index contributed by atoms with van der Waals surface area (Å²) in [5.41, 5.74) is -1.80. The van der Waals surface area contributed by atoms with E-state index in [1.54, 1.807) is 6.92 Å². The molecule has 0 spiro atoms. The van der Waals surface area contributed by atoms with Crippen LogP contribution in [0, 0.1) is 0 Å². The summed E-state index contributed by atoms with van der Waals surface area (Å²) in [6.07, 6.45) is 1.23. The molecule has 7 heteroatoms. The third-order valence-electron chi connectivity index (χ3n) is 1.76. The highest BCUT2D eigenvalue weighted by molar-refractivity contribution is 5.76. The number of aliphatic carboxylic acids is 1. The van der Waals surface area contributed by atoms with Gasteiger partial charge in [-0.15, -0.1) is 5.17 Å². The van der Waals surface area contributed by atoms with E-state index in [1.807, 2.05) is 0 Å². The number of rotatable bonds is 6. The molecule has 80 valence electrons. The summed E-state index contributed by atoms with van der Waals surface area (Å²) in [5.74, 6) is -1.30. The molecule has 1 N–H and O–H groups in total. The zero-order valence-electron chi connectivity index (χ0n) is 8.18. The van der Waals surface area contributed by atoms with Crippen molar-refractivity contribution in [2.75, 3.05) is 14.2 Å². The number of methoxy groups -OCH3 is 1. The molecule has 0 saturated heterocycles. The Hall–Kier alpha value is -1.43. The Kier molecular flexibility index (Phi) is 4.79. The first-order valence-electron chi connectivity index (χ1n) is 3.79. The number of isocyanates is 1. The first-order valence-corrected chi connectivity index (χ1v) is 3.79. The molecule has 0 bridgehead atoms. The number of hydrogen-bond acceptors (Lipinski definition) is 6. The SMILES string of the molecule is CCC(OC)(C(=O)O)N(N=C=O)OC. The molecule has 1 unspecified atom stereocenters. The summed E-state index contributed by atoms with van der Waals surface area (Å²) in [5, 5.41) is 12.6. The first-order chi connectivity index (χ1) is 6.58. The highest BCUT2D eigenvalue weighted by Crippen LogP contribution is 2.21. The molecule has 0 aliphatic rings. The highest BCUT2D eigenvalue weighted by Gasteiger charge is 2.44. The maximum absolute atomic E-state index is 10.9. The van der Waals surface area contributed by atoms with Crippen LogP contribution >= 0.6 is 0 Å². The Morgan fingerprint density at radius 1 is 1.64 bits per heavy atom. The molecule has 0 aliphatic carbocycles. The summed E-state index contributed by atoms with van der Waals surface area (Å²) < 4.78 is 4.78. The van der Waals surface area contributed by atoms with Crippen molar-refractivity contribution in [3.63, 3.8) is 0 Å². The Balaban J connectivity index is 5.12. The maximum Gasteiger partial charge on any atom is 0.361 e. The number of hydroxylamine groups is 1. The van der Waals surface area contributed by atoms with E-state index >= 15 is 0 Å². The molecule has 0 amide bonds. The quantitative estimate of drug-likeness (QED) is 0.282. The van der Waals surface area contributed by atoms with Gasteiger partial charge >= 0.3 is 5.97 Å².